The van der Waals surface area contributed by atoms with E-state index in [9.17, 15) is 18.0 Å². The highest BCUT2D eigenvalue weighted by Crippen LogP contribution is 2.36. The van der Waals surface area contributed by atoms with Gasteiger partial charge in [-0.1, -0.05) is 17.3 Å². The van der Waals surface area contributed by atoms with Gasteiger partial charge in [0.2, 0.25) is 11.7 Å². The summed E-state index contributed by atoms with van der Waals surface area (Å²) in [6.45, 7) is 8.98. The second-order valence-corrected chi connectivity index (χ2v) is 8.47. The standard InChI is InChI=1S/C21H25F3N4O3/c1-12-8-9-14(11-15(12)21(22,23)24)17-26-18(31-27-17)16-7-6-10-28(16)13(2)25-19(29)30-20(3,4)5/h8-9,11,16H,6-7,10H2,1-5H3/b25-13+/t16-/m0/s1. The summed E-state index contributed by atoms with van der Waals surface area (Å²) < 4.78 is 50.3. The highest BCUT2D eigenvalue weighted by Gasteiger charge is 2.34. The zero-order valence-electron chi connectivity index (χ0n) is 18.1. The number of ether oxygens (including phenoxy) is 1. The fourth-order valence-corrected chi connectivity index (χ4v) is 3.45. The summed E-state index contributed by atoms with van der Waals surface area (Å²) in [7, 11) is 0. The van der Waals surface area contributed by atoms with Crippen LogP contribution in [0.5, 0.6) is 0 Å². The van der Waals surface area contributed by atoms with Crippen molar-refractivity contribution in [2.75, 3.05) is 6.54 Å². The molecule has 0 saturated carbocycles. The van der Waals surface area contributed by atoms with E-state index in [1.165, 1.54) is 19.1 Å². The van der Waals surface area contributed by atoms with Crippen LogP contribution in [0.4, 0.5) is 18.0 Å². The predicted molar refractivity (Wildman–Crippen MR) is 107 cm³/mol. The van der Waals surface area contributed by atoms with Crippen molar-refractivity contribution in [3.63, 3.8) is 0 Å². The molecule has 1 atom stereocenters. The van der Waals surface area contributed by atoms with E-state index in [0.29, 0.717) is 18.8 Å². The number of carbonyl (C=O) groups is 1. The number of aromatic nitrogens is 2. The van der Waals surface area contributed by atoms with E-state index in [1.54, 1.807) is 27.7 Å². The first-order chi connectivity index (χ1) is 14.3. The summed E-state index contributed by atoms with van der Waals surface area (Å²) in [6, 6.07) is 3.61. The van der Waals surface area contributed by atoms with Crippen LogP contribution in [0.25, 0.3) is 11.4 Å². The molecule has 1 aromatic heterocycles. The number of rotatable bonds is 2. The van der Waals surface area contributed by atoms with Crippen LogP contribution in [-0.4, -0.2) is 39.1 Å². The predicted octanol–water partition coefficient (Wildman–Crippen LogP) is 5.55. The molecule has 1 fully saturated rings. The van der Waals surface area contributed by atoms with Crippen molar-refractivity contribution >= 4 is 11.9 Å². The number of amidine groups is 1. The van der Waals surface area contributed by atoms with Gasteiger partial charge in [-0.15, -0.1) is 0 Å². The summed E-state index contributed by atoms with van der Waals surface area (Å²) >= 11 is 0. The van der Waals surface area contributed by atoms with Crippen LogP contribution >= 0.6 is 0 Å². The summed E-state index contributed by atoms with van der Waals surface area (Å²) in [5, 5.41) is 3.88. The van der Waals surface area contributed by atoms with Crippen molar-refractivity contribution in [1.29, 1.82) is 0 Å². The molecule has 2 aromatic rings. The van der Waals surface area contributed by atoms with Crippen LogP contribution in [0.3, 0.4) is 0 Å². The molecule has 1 aliphatic rings. The first-order valence-electron chi connectivity index (χ1n) is 9.92. The SMILES string of the molecule is C/C(=N\C(=O)OC(C)(C)C)N1CCC[C@H]1c1nc(-c2ccc(C)c(C(F)(F)F)c2)no1. The zero-order chi connectivity index (χ0) is 23.0. The molecule has 0 spiro atoms. The summed E-state index contributed by atoms with van der Waals surface area (Å²) in [5.74, 6) is 0.792. The number of likely N-dealkylation sites (tertiary alicyclic amines) is 1. The Balaban J connectivity index is 1.83. The van der Waals surface area contributed by atoms with Crippen molar-refractivity contribution in [3.05, 3.63) is 35.2 Å². The minimum atomic E-state index is -4.47. The van der Waals surface area contributed by atoms with E-state index in [1.807, 2.05) is 4.90 Å². The molecule has 168 valence electrons. The van der Waals surface area contributed by atoms with Gasteiger partial charge in [-0.3, -0.25) is 0 Å². The Morgan fingerprint density at radius 1 is 1.29 bits per heavy atom. The van der Waals surface area contributed by atoms with E-state index in [-0.39, 0.29) is 28.9 Å². The van der Waals surface area contributed by atoms with Crippen LogP contribution in [0.15, 0.2) is 27.7 Å². The lowest BCUT2D eigenvalue weighted by atomic mass is 10.0. The lowest BCUT2D eigenvalue weighted by molar-refractivity contribution is -0.138. The third-order valence-electron chi connectivity index (χ3n) is 4.84. The van der Waals surface area contributed by atoms with Gasteiger partial charge in [0, 0.05) is 12.1 Å². The Labute approximate surface area is 178 Å². The zero-order valence-corrected chi connectivity index (χ0v) is 18.1. The molecule has 1 aromatic carbocycles. The summed E-state index contributed by atoms with van der Waals surface area (Å²) in [4.78, 5) is 22.2. The molecule has 0 unspecified atom stereocenters. The van der Waals surface area contributed by atoms with Crippen LogP contribution in [0.1, 0.15) is 63.6 Å². The number of alkyl halides is 3. The molecule has 0 bridgehead atoms. The highest BCUT2D eigenvalue weighted by molar-refractivity contribution is 5.90. The molecule has 31 heavy (non-hydrogen) atoms. The number of hydrogen-bond donors (Lipinski definition) is 0. The molecule has 3 rings (SSSR count). The largest absolute Gasteiger partial charge is 0.442 e. The number of hydrogen-bond acceptors (Lipinski definition) is 5. The van der Waals surface area contributed by atoms with Crippen LogP contribution < -0.4 is 0 Å². The Bertz CT molecular complexity index is 992. The second-order valence-electron chi connectivity index (χ2n) is 8.47. The van der Waals surface area contributed by atoms with Crippen molar-refractivity contribution in [3.8, 4) is 11.4 Å². The fourth-order valence-electron chi connectivity index (χ4n) is 3.45. The molecule has 1 amide bonds. The van der Waals surface area contributed by atoms with Gasteiger partial charge in [0.1, 0.15) is 17.5 Å². The van der Waals surface area contributed by atoms with E-state index in [0.717, 1.165) is 12.5 Å². The maximum absolute atomic E-state index is 13.2. The van der Waals surface area contributed by atoms with Crippen molar-refractivity contribution in [2.45, 2.75) is 65.3 Å². The first kappa shape index (κ1) is 22.8. The summed E-state index contributed by atoms with van der Waals surface area (Å²) in [5.41, 5.74) is -1.05. The average Bonchev–Trinajstić information content (AvgIpc) is 3.28. The number of aryl methyl sites for hydroxylation is 1. The van der Waals surface area contributed by atoms with E-state index >= 15 is 0 Å². The van der Waals surface area contributed by atoms with Crippen LogP contribution in [0.2, 0.25) is 0 Å². The number of halogens is 3. The van der Waals surface area contributed by atoms with Crippen molar-refractivity contribution < 1.29 is 27.2 Å². The van der Waals surface area contributed by atoms with Gasteiger partial charge in [0.25, 0.3) is 0 Å². The van der Waals surface area contributed by atoms with Crippen molar-refractivity contribution in [1.82, 2.24) is 15.0 Å². The molecular weight excluding hydrogens is 413 g/mol. The average molecular weight is 438 g/mol. The Morgan fingerprint density at radius 3 is 2.65 bits per heavy atom. The van der Waals surface area contributed by atoms with Gasteiger partial charge in [-0.2, -0.15) is 23.1 Å². The first-order valence-corrected chi connectivity index (χ1v) is 9.92. The van der Waals surface area contributed by atoms with E-state index < -0.39 is 23.4 Å². The molecule has 1 aliphatic heterocycles. The molecule has 10 heteroatoms. The third-order valence-corrected chi connectivity index (χ3v) is 4.84. The Hall–Kier alpha value is -2.91. The lowest BCUT2D eigenvalue weighted by Gasteiger charge is -2.24. The van der Waals surface area contributed by atoms with Crippen molar-refractivity contribution in [2.24, 2.45) is 4.99 Å². The van der Waals surface area contributed by atoms with E-state index in [2.05, 4.69) is 15.1 Å². The Morgan fingerprint density at radius 2 is 2.00 bits per heavy atom. The van der Waals surface area contributed by atoms with Crippen LogP contribution in [-0.2, 0) is 10.9 Å². The minimum Gasteiger partial charge on any atom is -0.442 e. The molecule has 2 heterocycles. The number of benzene rings is 1. The van der Waals surface area contributed by atoms with Gasteiger partial charge in [-0.05, 0) is 59.1 Å². The smallest absolute Gasteiger partial charge is 0.435 e. The van der Waals surface area contributed by atoms with E-state index in [4.69, 9.17) is 9.26 Å². The quantitative estimate of drug-likeness (QED) is 0.451. The maximum atomic E-state index is 13.2. The van der Waals surface area contributed by atoms with Gasteiger partial charge < -0.3 is 14.2 Å². The van der Waals surface area contributed by atoms with Gasteiger partial charge in [0.15, 0.2) is 0 Å². The fraction of sp³-hybridized carbons (Fsp3) is 0.524. The monoisotopic (exact) mass is 438 g/mol. The summed E-state index contributed by atoms with van der Waals surface area (Å²) in [6.07, 6.45) is -3.66. The number of nitrogens with zero attached hydrogens (tertiary/aromatic N) is 4. The number of aliphatic imine (C=N–C) groups is 1. The number of carbonyl (C=O) groups excluding carboxylic acids is 1. The highest BCUT2D eigenvalue weighted by atomic mass is 19.4. The minimum absolute atomic E-state index is 0.0779. The van der Waals surface area contributed by atoms with Gasteiger partial charge >= 0.3 is 12.3 Å². The Kier molecular flexibility index (Phi) is 6.11. The molecule has 0 radical (unpaired) electrons. The normalized spacial score (nSPS) is 17.9. The van der Waals surface area contributed by atoms with Gasteiger partial charge in [-0.25, -0.2) is 4.79 Å². The molecular formula is C21H25F3N4O3. The molecule has 1 saturated heterocycles. The molecule has 0 aliphatic carbocycles. The third kappa shape index (κ3) is 5.42. The molecule has 0 N–H and O–H groups in total. The maximum Gasteiger partial charge on any atom is 0.435 e. The van der Waals surface area contributed by atoms with Gasteiger partial charge in [0.05, 0.1) is 5.56 Å². The second kappa shape index (κ2) is 8.32. The molecule has 7 nitrogen and oxygen atoms in total. The lowest BCUT2D eigenvalue weighted by Crippen LogP contribution is -2.30. The number of amides is 1. The van der Waals surface area contributed by atoms with Crippen LogP contribution in [0, 0.1) is 6.92 Å². The topological polar surface area (TPSA) is 80.8 Å².